The number of alkyl halides is 2. The summed E-state index contributed by atoms with van der Waals surface area (Å²) in [5.74, 6) is -0.986. The smallest absolute Gasteiger partial charge is 0.320 e. The van der Waals surface area contributed by atoms with Crippen LogP contribution in [-0.2, 0) is 4.79 Å². The first kappa shape index (κ1) is 13.6. The van der Waals surface area contributed by atoms with Gasteiger partial charge in [0.15, 0.2) is 0 Å². The standard InChI is InChI=1S/C8H13F2NO2.ClH/c9-7(10)5-11-4-2-1-3-6(11)8(12)13;/h6-7H,1-5H2,(H,12,13);1H. The lowest BCUT2D eigenvalue weighted by Crippen LogP contribution is -2.46. The topological polar surface area (TPSA) is 40.5 Å². The molecule has 14 heavy (non-hydrogen) atoms. The Bertz CT molecular complexity index is 192. The highest BCUT2D eigenvalue weighted by Crippen LogP contribution is 2.17. The minimum atomic E-state index is -2.44. The van der Waals surface area contributed by atoms with Gasteiger partial charge in [-0.3, -0.25) is 9.69 Å². The average molecular weight is 230 g/mol. The molecule has 0 radical (unpaired) electrons. The number of carboxylic acids is 1. The highest BCUT2D eigenvalue weighted by molar-refractivity contribution is 5.85. The van der Waals surface area contributed by atoms with Gasteiger partial charge in [0.25, 0.3) is 6.43 Å². The van der Waals surface area contributed by atoms with Crippen molar-refractivity contribution in [3.63, 3.8) is 0 Å². The van der Waals surface area contributed by atoms with Gasteiger partial charge in [0.1, 0.15) is 6.04 Å². The number of hydrogen-bond acceptors (Lipinski definition) is 2. The van der Waals surface area contributed by atoms with Crippen molar-refractivity contribution in [2.75, 3.05) is 13.1 Å². The second-order valence-corrected chi connectivity index (χ2v) is 3.24. The van der Waals surface area contributed by atoms with E-state index in [-0.39, 0.29) is 12.4 Å². The summed E-state index contributed by atoms with van der Waals surface area (Å²) in [7, 11) is 0. The maximum atomic E-state index is 12.0. The van der Waals surface area contributed by atoms with Gasteiger partial charge in [-0.15, -0.1) is 12.4 Å². The fourth-order valence-corrected chi connectivity index (χ4v) is 1.67. The van der Waals surface area contributed by atoms with Crippen LogP contribution in [0.2, 0.25) is 0 Å². The van der Waals surface area contributed by atoms with Crippen molar-refractivity contribution in [3.05, 3.63) is 0 Å². The molecular formula is C8H14ClF2NO2. The van der Waals surface area contributed by atoms with Crippen LogP contribution in [-0.4, -0.2) is 41.5 Å². The normalized spacial score (nSPS) is 23.2. The first-order chi connectivity index (χ1) is 6.11. The van der Waals surface area contributed by atoms with E-state index in [9.17, 15) is 13.6 Å². The van der Waals surface area contributed by atoms with E-state index in [1.807, 2.05) is 0 Å². The summed E-state index contributed by atoms with van der Waals surface area (Å²) in [6.07, 6.45) is -0.324. The minimum absolute atomic E-state index is 0. The van der Waals surface area contributed by atoms with Crippen LogP contribution in [0.15, 0.2) is 0 Å². The van der Waals surface area contributed by atoms with Crippen molar-refractivity contribution in [2.24, 2.45) is 0 Å². The predicted octanol–water partition coefficient (Wildman–Crippen LogP) is 1.61. The number of hydrogen-bond donors (Lipinski definition) is 1. The molecule has 1 rings (SSSR count). The second-order valence-electron chi connectivity index (χ2n) is 3.24. The fourth-order valence-electron chi connectivity index (χ4n) is 1.67. The Kier molecular flexibility index (Phi) is 5.95. The molecule has 0 saturated carbocycles. The zero-order valence-corrected chi connectivity index (χ0v) is 8.47. The van der Waals surface area contributed by atoms with E-state index in [4.69, 9.17) is 5.11 Å². The van der Waals surface area contributed by atoms with Gasteiger partial charge >= 0.3 is 5.97 Å². The van der Waals surface area contributed by atoms with Gasteiger partial charge in [-0.1, -0.05) is 6.42 Å². The quantitative estimate of drug-likeness (QED) is 0.800. The SMILES string of the molecule is Cl.O=C(O)C1CCCCN1CC(F)F. The van der Waals surface area contributed by atoms with Gasteiger partial charge < -0.3 is 5.11 Å². The van der Waals surface area contributed by atoms with E-state index in [0.29, 0.717) is 13.0 Å². The molecule has 0 aromatic carbocycles. The summed E-state index contributed by atoms with van der Waals surface area (Å²) in [6.45, 7) is 0.0538. The van der Waals surface area contributed by atoms with Gasteiger partial charge in [0.2, 0.25) is 0 Å². The largest absolute Gasteiger partial charge is 0.480 e. The number of likely N-dealkylation sites (tertiary alicyclic amines) is 1. The van der Waals surface area contributed by atoms with Crippen LogP contribution in [0, 0.1) is 0 Å². The monoisotopic (exact) mass is 229 g/mol. The van der Waals surface area contributed by atoms with E-state index in [0.717, 1.165) is 12.8 Å². The minimum Gasteiger partial charge on any atom is -0.480 e. The summed E-state index contributed by atoms with van der Waals surface area (Å²) in [5, 5.41) is 8.73. The summed E-state index contributed by atoms with van der Waals surface area (Å²) >= 11 is 0. The molecule has 0 bridgehead atoms. The Hall–Kier alpha value is -0.420. The molecular weight excluding hydrogens is 216 g/mol. The third-order valence-electron chi connectivity index (χ3n) is 2.27. The van der Waals surface area contributed by atoms with E-state index in [1.54, 1.807) is 0 Å². The van der Waals surface area contributed by atoms with Crippen LogP contribution < -0.4 is 0 Å². The van der Waals surface area contributed by atoms with Crippen molar-refractivity contribution >= 4 is 18.4 Å². The van der Waals surface area contributed by atoms with Crippen LogP contribution in [0.4, 0.5) is 8.78 Å². The summed E-state index contributed by atoms with van der Waals surface area (Å²) in [5.41, 5.74) is 0. The molecule has 0 aliphatic carbocycles. The molecule has 84 valence electrons. The number of halogens is 3. The molecule has 0 aromatic heterocycles. The third-order valence-corrected chi connectivity index (χ3v) is 2.27. The van der Waals surface area contributed by atoms with E-state index in [1.165, 1.54) is 4.90 Å². The van der Waals surface area contributed by atoms with E-state index >= 15 is 0 Å². The molecule has 1 N–H and O–H groups in total. The molecule has 3 nitrogen and oxygen atoms in total. The lowest BCUT2D eigenvalue weighted by molar-refractivity contribution is -0.145. The van der Waals surface area contributed by atoms with E-state index < -0.39 is 25.0 Å². The Labute approximate surface area is 87.5 Å². The molecule has 6 heteroatoms. The van der Waals surface area contributed by atoms with Crippen LogP contribution in [0.3, 0.4) is 0 Å². The van der Waals surface area contributed by atoms with Gasteiger partial charge in [-0.05, 0) is 19.4 Å². The van der Waals surface area contributed by atoms with Crippen molar-refractivity contribution < 1.29 is 18.7 Å². The first-order valence-electron chi connectivity index (χ1n) is 4.36. The lowest BCUT2D eigenvalue weighted by Gasteiger charge is -2.32. The molecule has 1 aliphatic rings. The van der Waals surface area contributed by atoms with Crippen LogP contribution >= 0.6 is 12.4 Å². The van der Waals surface area contributed by atoms with E-state index in [2.05, 4.69) is 0 Å². The molecule has 1 saturated heterocycles. The number of carbonyl (C=O) groups is 1. The van der Waals surface area contributed by atoms with Crippen LogP contribution in [0.5, 0.6) is 0 Å². The number of piperidine rings is 1. The second kappa shape index (κ2) is 6.14. The number of aliphatic carboxylic acids is 1. The third kappa shape index (κ3) is 3.75. The first-order valence-corrected chi connectivity index (χ1v) is 4.36. The maximum Gasteiger partial charge on any atom is 0.320 e. The average Bonchev–Trinajstić information content (AvgIpc) is 2.03. The highest BCUT2D eigenvalue weighted by Gasteiger charge is 2.29. The van der Waals surface area contributed by atoms with Crippen molar-refractivity contribution in [1.82, 2.24) is 4.90 Å². The summed E-state index contributed by atoms with van der Waals surface area (Å²) < 4.78 is 24.0. The molecule has 1 heterocycles. The van der Waals surface area contributed by atoms with Gasteiger partial charge in [0, 0.05) is 0 Å². The number of carboxylic acid groups (broad SMARTS) is 1. The predicted molar refractivity (Wildman–Crippen MR) is 50.1 cm³/mol. The van der Waals surface area contributed by atoms with Gasteiger partial charge in [-0.25, -0.2) is 8.78 Å². The molecule has 1 aliphatic heterocycles. The molecule has 1 fully saturated rings. The van der Waals surface area contributed by atoms with Crippen LogP contribution in [0.25, 0.3) is 0 Å². The fraction of sp³-hybridized carbons (Fsp3) is 0.875. The Morgan fingerprint density at radius 3 is 2.64 bits per heavy atom. The molecule has 1 atom stereocenters. The lowest BCUT2D eigenvalue weighted by atomic mass is 10.0. The molecule has 0 amide bonds. The van der Waals surface area contributed by atoms with Gasteiger partial charge in [0.05, 0.1) is 6.54 Å². The maximum absolute atomic E-state index is 12.0. The molecule has 0 spiro atoms. The van der Waals surface area contributed by atoms with Crippen molar-refractivity contribution in [1.29, 1.82) is 0 Å². The van der Waals surface area contributed by atoms with Crippen molar-refractivity contribution in [2.45, 2.75) is 31.7 Å². The zero-order valence-electron chi connectivity index (χ0n) is 7.66. The van der Waals surface area contributed by atoms with Crippen LogP contribution in [0.1, 0.15) is 19.3 Å². The number of nitrogens with zero attached hydrogens (tertiary/aromatic N) is 1. The Balaban J connectivity index is 0.00000169. The number of rotatable bonds is 3. The van der Waals surface area contributed by atoms with Gasteiger partial charge in [-0.2, -0.15) is 0 Å². The molecule has 1 unspecified atom stereocenters. The summed E-state index contributed by atoms with van der Waals surface area (Å²) in [4.78, 5) is 12.0. The zero-order chi connectivity index (χ0) is 9.84. The Morgan fingerprint density at radius 2 is 2.14 bits per heavy atom. The molecule has 0 aromatic rings. The summed E-state index contributed by atoms with van der Waals surface area (Å²) in [6, 6.07) is -0.706. The highest BCUT2D eigenvalue weighted by atomic mass is 35.5. The Morgan fingerprint density at radius 1 is 1.50 bits per heavy atom. The van der Waals surface area contributed by atoms with Crippen molar-refractivity contribution in [3.8, 4) is 0 Å².